The molecule has 1 saturated carbocycles. The van der Waals surface area contributed by atoms with Crippen molar-refractivity contribution in [1.29, 1.82) is 0 Å². The molecule has 2 N–H and O–H groups in total. The molecule has 3 aliphatic rings. The van der Waals surface area contributed by atoms with Crippen molar-refractivity contribution >= 4 is 5.91 Å². The van der Waals surface area contributed by atoms with Crippen molar-refractivity contribution in [3.63, 3.8) is 0 Å². The Morgan fingerprint density at radius 1 is 1.12 bits per heavy atom. The number of hydrogen-bond donors (Lipinski definition) is 2. The third-order valence-corrected chi connectivity index (χ3v) is 7.43. The van der Waals surface area contributed by atoms with E-state index in [1.807, 2.05) is 58.2 Å². The third kappa shape index (κ3) is 3.91. The van der Waals surface area contributed by atoms with E-state index in [2.05, 4.69) is 25.8 Å². The van der Waals surface area contributed by atoms with Gasteiger partial charge in [0.2, 0.25) is 0 Å². The maximum Gasteiger partial charge on any atom is 0.272 e. The molecule has 1 amide bonds. The van der Waals surface area contributed by atoms with E-state index < -0.39 is 6.10 Å². The number of aliphatic hydroxyl groups is 1. The van der Waals surface area contributed by atoms with Gasteiger partial charge in [0, 0.05) is 43.2 Å². The lowest BCUT2D eigenvalue weighted by Gasteiger charge is -2.21. The number of piperidine rings is 1. The van der Waals surface area contributed by atoms with E-state index in [1.54, 1.807) is 6.33 Å². The van der Waals surface area contributed by atoms with Gasteiger partial charge in [-0.25, -0.2) is 4.68 Å². The summed E-state index contributed by atoms with van der Waals surface area (Å²) >= 11 is 0. The van der Waals surface area contributed by atoms with Gasteiger partial charge in [-0.05, 0) is 46.9 Å². The van der Waals surface area contributed by atoms with Crippen LogP contribution in [0, 0.1) is 11.8 Å². The van der Waals surface area contributed by atoms with Gasteiger partial charge in [0.25, 0.3) is 5.91 Å². The van der Waals surface area contributed by atoms with Crippen LogP contribution in [0.5, 0.6) is 0 Å². The minimum absolute atomic E-state index is 0.00532. The van der Waals surface area contributed by atoms with E-state index in [0.29, 0.717) is 29.6 Å². The highest BCUT2D eigenvalue weighted by atomic mass is 16.3. The fourth-order valence-electron chi connectivity index (χ4n) is 5.62. The van der Waals surface area contributed by atoms with Crippen LogP contribution in [-0.2, 0) is 6.42 Å². The number of nitrogens with zero attached hydrogens (tertiary/aromatic N) is 6. The van der Waals surface area contributed by atoms with Crippen LogP contribution in [0.25, 0.3) is 0 Å². The summed E-state index contributed by atoms with van der Waals surface area (Å²) < 4.78 is 1.81. The lowest BCUT2D eigenvalue weighted by Crippen LogP contribution is -2.35. The van der Waals surface area contributed by atoms with Crippen LogP contribution in [0.3, 0.4) is 0 Å². The number of amides is 1. The van der Waals surface area contributed by atoms with Crippen LogP contribution in [0.2, 0.25) is 0 Å². The molecule has 2 aromatic heterocycles. The lowest BCUT2D eigenvalue weighted by molar-refractivity contribution is 0.0761. The summed E-state index contributed by atoms with van der Waals surface area (Å²) in [7, 11) is 0. The largest absolute Gasteiger partial charge is 0.387 e. The number of tetrazole rings is 1. The van der Waals surface area contributed by atoms with E-state index in [-0.39, 0.29) is 11.9 Å². The molecule has 3 fully saturated rings. The Morgan fingerprint density at radius 3 is 2.64 bits per heavy atom. The molecule has 4 heterocycles. The van der Waals surface area contributed by atoms with Crippen LogP contribution in [-0.4, -0.2) is 66.3 Å². The van der Waals surface area contributed by atoms with Gasteiger partial charge in [-0.2, -0.15) is 0 Å². The molecule has 2 saturated heterocycles. The molecule has 1 unspecified atom stereocenters. The van der Waals surface area contributed by atoms with Gasteiger partial charge in [0.05, 0.1) is 12.1 Å². The summed E-state index contributed by atoms with van der Waals surface area (Å²) in [5, 5.41) is 25.7. The number of pyridine rings is 1. The first-order chi connectivity index (χ1) is 16.2. The zero-order chi connectivity index (χ0) is 22.4. The molecule has 2 aliphatic heterocycles. The number of hydrogen-bond acceptors (Lipinski definition) is 7. The maximum absolute atomic E-state index is 12.9. The highest BCUT2D eigenvalue weighted by molar-refractivity contribution is 5.92. The number of aromatic nitrogens is 5. The van der Waals surface area contributed by atoms with Crippen LogP contribution in [0.1, 0.15) is 46.6 Å². The maximum atomic E-state index is 12.9. The van der Waals surface area contributed by atoms with Crippen molar-refractivity contribution < 1.29 is 9.90 Å². The van der Waals surface area contributed by atoms with E-state index in [0.717, 1.165) is 43.5 Å². The van der Waals surface area contributed by atoms with Crippen molar-refractivity contribution in [3.8, 4) is 0 Å². The molecule has 1 aliphatic carbocycles. The molecule has 33 heavy (non-hydrogen) atoms. The highest BCUT2D eigenvalue weighted by Crippen LogP contribution is 2.54. The molecule has 9 nitrogen and oxygen atoms in total. The number of likely N-dealkylation sites (tertiary alicyclic amines) is 1. The average molecular weight is 446 g/mol. The van der Waals surface area contributed by atoms with Gasteiger partial charge >= 0.3 is 0 Å². The van der Waals surface area contributed by atoms with Crippen molar-refractivity contribution in [2.45, 2.75) is 43.5 Å². The fraction of sp³-hybridized carbons (Fsp3) is 0.458. The second kappa shape index (κ2) is 8.31. The minimum atomic E-state index is -0.499. The summed E-state index contributed by atoms with van der Waals surface area (Å²) in [5.41, 5.74) is 2.54. The summed E-state index contributed by atoms with van der Waals surface area (Å²) in [4.78, 5) is 19.3. The fourth-order valence-corrected chi connectivity index (χ4v) is 5.62. The van der Waals surface area contributed by atoms with Gasteiger partial charge in [0.1, 0.15) is 12.0 Å². The Balaban J connectivity index is 1.02. The molecular formula is C24H27N7O2. The Hall–Kier alpha value is -3.17. The van der Waals surface area contributed by atoms with Gasteiger partial charge in [-0.3, -0.25) is 9.78 Å². The summed E-state index contributed by atoms with van der Waals surface area (Å²) in [5.74, 6) is 0.864. The molecule has 0 radical (unpaired) electrons. The van der Waals surface area contributed by atoms with E-state index in [9.17, 15) is 9.90 Å². The summed E-state index contributed by atoms with van der Waals surface area (Å²) in [6, 6.07) is 14.3. The SMILES string of the molecule is O=C(c1ccc(C[C@@H]2CC[C@H]([C@H](O)c3ccccc3)N2)cn1)N1C[C@@H]2C(n3cnnn3)[C@@H]2C1. The number of aliphatic hydroxyl groups excluding tert-OH is 1. The predicted octanol–water partition coefficient (Wildman–Crippen LogP) is 1.41. The molecule has 6 atom stereocenters. The Morgan fingerprint density at radius 2 is 1.94 bits per heavy atom. The Bertz CT molecular complexity index is 1090. The van der Waals surface area contributed by atoms with E-state index in [4.69, 9.17) is 0 Å². The van der Waals surface area contributed by atoms with Crippen LogP contribution >= 0.6 is 0 Å². The number of carbonyl (C=O) groups excluding carboxylic acids is 1. The van der Waals surface area contributed by atoms with Crippen LogP contribution < -0.4 is 5.32 Å². The summed E-state index contributed by atoms with van der Waals surface area (Å²) in [6.07, 6.45) is 5.75. The standard InChI is InChI=1S/C24H27N7O2/c32-23(16-4-2-1-3-5-16)20-9-7-17(27-20)10-15-6-8-21(25-11-15)24(33)30-12-18-19(13-30)22(18)31-14-26-28-29-31/h1-6,8,11,14,17-20,22-23,27,32H,7,9-10,12-13H2/t17-,18-,19+,20+,22?,23+/m0/s1. The number of benzene rings is 1. The number of nitrogens with one attached hydrogen (secondary N) is 1. The van der Waals surface area contributed by atoms with Crippen molar-refractivity contribution in [2.75, 3.05) is 13.1 Å². The predicted molar refractivity (Wildman–Crippen MR) is 119 cm³/mol. The normalized spacial score (nSPS) is 29.1. The van der Waals surface area contributed by atoms with E-state index >= 15 is 0 Å². The quantitative estimate of drug-likeness (QED) is 0.590. The molecule has 0 spiro atoms. The number of carbonyl (C=O) groups is 1. The van der Waals surface area contributed by atoms with Gasteiger partial charge in [0.15, 0.2) is 0 Å². The molecule has 3 aromatic rings. The van der Waals surface area contributed by atoms with Crippen molar-refractivity contribution in [3.05, 3.63) is 71.8 Å². The monoisotopic (exact) mass is 445 g/mol. The second-order valence-corrected chi connectivity index (χ2v) is 9.48. The first-order valence-electron chi connectivity index (χ1n) is 11.6. The first-order valence-corrected chi connectivity index (χ1v) is 11.6. The van der Waals surface area contributed by atoms with Crippen LogP contribution in [0.15, 0.2) is 55.0 Å². The Kier molecular flexibility index (Phi) is 5.15. The van der Waals surface area contributed by atoms with Crippen molar-refractivity contribution in [1.82, 2.24) is 35.4 Å². The average Bonchev–Trinajstić information content (AvgIpc) is 3.38. The highest BCUT2D eigenvalue weighted by Gasteiger charge is 2.58. The lowest BCUT2D eigenvalue weighted by atomic mass is 10.0. The first kappa shape index (κ1) is 20.4. The zero-order valence-electron chi connectivity index (χ0n) is 18.2. The number of rotatable bonds is 6. The molecule has 9 heteroatoms. The smallest absolute Gasteiger partial charge is 0.272 e. The van der Waals surface area contributed by atoms with Crippen molar-refractivity contribution in [2.24, 2.45) is 11.8 Å². The molecule has 0 bridgehead atoms. The molecule has 6 rings (SSSR count). The van der Waals surface area contributed by atoms with E-state index in [1.165, 1.54) is 0 Å². The van der Waals surface area contributed by atoms with Gasteiger partial charge < -0.3 is 15.3 Å². The summed E-state index contributed by atoms with van der Waals surface area (Å²) in [6.45, 7) is 1.46. The zero-order valence-corrected chi connectivity index (χ0v) is 18.2. The Labute approximate surface area is 191 Å². The van der Waals surface area contributed by atoms with Gasteiger partial charge in [-0.15, -0.1) is 5.10 Å². The molecule has 170 valence electrons. The second-order valence-electron chi connectivity index (χ2n) is 9.48. The van der Waals surface area contributed by atoms with Crippen LogP contribution in [0.4, 0.5) is 0 Å². The molecule has 1 aromatic carbocycles. The minimum Gasteiger partial charge on any atom is -0.387 e. The topological polar surface area (TPSA) is 109 Å². The number of fused-ring (bicyclic) bond motifs is 1. The third-order valence-electron chi connectivity index (χ3n) is 7.43. The molecular weight excluding hydrogens is 418 g/mol. The van der Waals surface area contributed by atoms with Gasteiger partial charge in [-0.1, -0.05) is 36.4 Å².